The Morgan fingerprint density at radius 1 is 0.922 bits per heavy atom. The van der Waals surface area contributed by atoms with E-state index in [0.29, 0.717) is 32.3 Å². The molecule has 274 valence electrons. The normalized spacial score (nSPS) is 15.2. The fourth-order valence-corrected chi connectivity index (χ4v) is 5.98. The van der Waals surface area contributed by atoms with Gasteiger partial charge in [0.1, 0.15) is 18.6 Å². The van der Waals surface area contributed by atoms with Gasteiger partial charge in [0.15, 0.2) is 11.6 Å². The lowest BCUT2D eigenvalue weighted by atomic mass is 9.87. The third kappa shape index (κ3) is 11.6. The number of aliphatic hydroxyl groups excluding tert-OH is 1. The molecule has 13 heteroatoms. The molecule has 2 aromatic heterocycles. The summed E-state index contributed by atoms with van der Waals surface area (Å²) in [4.78, 5) is 20.0. The summed E-state index contributed by atoms with van der Waals surface area (Å²) in [5, 5.41) is 29.4. The molecule has 51 heavy (non-hydrogen) atoms. The fraction of sp³-hybridized carbons (Fsp3) is 0.474. The van der Waals surface area contributed by atoms with Crippen LogP contribution in [0.2, 0.25) is 0 Å². The highest BCUT2D eigenvalue weighted by Crippen LogP contribution is 2.34. The summed E-state index contributed by atoms with van der Waals surface area (Å²) in [5.74, 6) is 1.88. The van der Waals surface area contributed by atoms with Gasteiger partial charge in [0.05, 0.1) is 19.3 Å². The van der Waals surface area contributed by atoms with E-state index in [4.69, 9.17) is 19.2 Å². The first kappa shape index (κ1) is 37.8. The molecular weight excluding hydrogens is 650 g/mol. The first-order valence-electron chi connectivity index (χ1n) is 17.8. The van der Waals surface area contributed by atoms with Crippen LogP contribution in [0.5, 0.6) is 5.75 Å². The second-order valence-electron chi connectivity index (χ2n) is 12.7. The molecule has 0 amide bonds. The van der Waals surface area contributed by atoms with Gasteiger partial charge in [0, 0.05) is 49.5 Å². The first-order chi connectivity index (χ1) is 25.0. The van der Waals surface area contributed by atoms with Crippen LogP contribution in [0.3, 0.4) is 0 Å². The number of anilines is 1. The third-order valence-electron chi connectivity index (χ3n) is 8.93. The topological polar surface area (TPSA) is 165 Å². The van der Waals surface area contributed by atoms with Gasteiger partial charge < -0.3 is 34.7 Å². The Labute approximate surface area is 299 Å². The van der Waals surface area contributed by atoms with E-state index in [1.165, 1.54) is 7.11 Å². The number of esters is 1. The number of carbonyl (C=O) groups excluding carboxylic acids is 1. The molecule has 5 N–H and O–H groups in total. The van der Waals surface area contributed by atoms with Gasteiger partial charge in [-0.2, -0.15) is 5.10 Å². The number of hydrogen-bond donors (Lipinski definition) is 5. The largest absolute Gasteiger partial charge is 0.494 e. The average Bonchev–Trinajstić information content (AvgIpc) is 3.68. The molecule has 0 spiro atoms. The first-order valence-corrected chi connectivity index (χ1v) is 17.8. The number of methoxy groups -OCH3 is 1. The quantitative estimate of drug-likeness (QED) is 0.0447. The third-order valence-corrected chi connectivity index (χ3v) is 8.93. The maximum absolute atomic E-state index is 11.2. The highest BCUT2D eigenvalue weighted by Gasteiger charge is 2.37. The molecule has 4 aromatic rings. The molecule has 1 aliphatic rings. The van der Waals surface area contributed by atoms with Gasteiger partial charge in [-0.3, -0.25) is 15.4 Å². The zero-order chi connectivity index (χ0) is 35.7. The Kier molecular flexibility index (Phi) is 14.7. The fourth-order valence-electron chi connectivity index (χ4n) is 5.98. The number of ether oxygens (including phenoxy) is 4. The van der Waals surface area contributed by atoms with Crippen molar-refractivity contribution in [1.29, 1.82) is 0 Å². The minimum absolute atomic E-state index is 0.0199. The summed E-state index contributed by atoms with van der Waals surface area (Å²) in [7, 11) is 1.34. The Morgan fingerprint density at radius 3 is 2.45 bits per heavy atom. The van der Waals surface area contributed by atoms with Gasteiger partial charge in [-0.25, -0.2) is 9.78 Å². The van der Waals surface area contributed by atoms with Gasteiger partial charge in [-0.15, -0.1) is 0 Å². The van der Waals surface area contributed by atoms with Crippen LogP contribution < -0.4 is 20.7 Å². The summed E-state index contributed by atoms with van der Waals surface area (Å²) >= 11 is 0. The summed E-state index contributed by atoms with van der Waals surface area (Å²) in [6.45, 7) is 6.12. The van der Waals surface area contributed by atoms with E-state index in [0.717, 1.165) is 85.6 Å². The van der Waals surface area contributed by atoms with Crippen LogP contribution in [0.15, 0.2) is 73.1 Å². The molecular formula is C38H51N7O6. The van der Waals surface area contributed by atoms with Crippen molar-refractivity contribution in [3.05, 3.63) is 90.0 Å². The van der Waals surface area contributed by atoms with Crippen LogP contribution in [0.1, 0.15) is 74.7 Å². The number of pyridine rings is 1. The van der Waals surface area contributed by atoms with Gasteiger partial charge in [0.2, 0.25) is 0 Å². The number of aromatic amines is 1. The van der Waals surface area contributed by atoms with Crippen LogP contribution in [0.25, 0.3) is 11.4 Å². The molecule has 0 radical (unpaired) electrons. The van der Waals surface area contributed by atoms with E-state index in [2.05, 4.69) is 35.9 Å². The Hall–Kier alpha value is -4.40. The van der Waals surface area contributed by atoms with Crippen molar-refractivity contribution < 1.29 is 28.8 Å². The molecule has 1 fully saturated rings. The van der Waals surface area contributed by atoms with Crippen LogP contribution in [-0.4, -0.2) is 84.5 Å². The minimum atomic E-state index is -0.867. The van der Waals surface area contributed by atoms with Gasteiger partial charge in [-0.05, 0) is 106 Å². The molecule has 2 aromatic carbocycles. The number of rotatable bonds is 21. The maximum atomic E-state index is 11.2. The number of hydrogen-bond acceptors (Lipinski definition) is 12. The maximum Gasteiger partial charge on any atom is 0.331 e. The Bertz CT molecular complexity index is 1600. The summed E-state index contributed by atoms with van der Waals surface area (Å²) in [5.41, 5.74) is 3.19. The summed E-state index contributed by atoms with van der Waals surface area (Å²) in [6, 6.07) is 19.6. The van der Waals surface area contributed by atoms with Crippen LogP contribution in [0.4, 0.5) is 5.69 Å². The number of benzene rings is 2. The Balaban J connectivity index is 1.04. The van der Waals surface area contributed by atoms with Crippen molar-refractivity contribution in [2.45, 2.75) is 63.3 Å². The number of carbonyl (C=O) groups is 1. The molecule has 5 rings (SSSR count). The standard InChI is InChI=1S/C38H51N7O6/c1-28(29-10-12-33(13-11-29)51-25-5-3-4-22-49-23-7-24-50-27-34(46)48-2)41-36(47)31-8-6-9-32(26-31)43-38(16-20-40-21-17-38)37-42-35(44-45-37)30-14-18-39-19-15-30/h6,8-15,18-19,26,28,36,40-41,43,47H,3-5,7,16-17,20-25,27H2,1-2H3,(H,42,44,45)/t28-,36?/m0/s1. The number of H-pyrrole nitrogens is 1. The highest BCUT2D eigenvalue weighted by molar-refractivity contribution is 5.70. The molecule has 0 bridgehead atoms. The molecule has 0 aliphatic carbocycles. The number of aliphatic hydroxyl groups is 1. The summed E-state index contributed by atoms with van der Waals surface area (Å²) in [6.07, 6.45) is 7.92. The number of nitrogens with one attached hydrogen (secondary N) is 4. The van der Waals surface area contributed by atoms with Crippen molar-refractivity contribution in [2.75, 3.05) is 58.6 Å². The lowest BCUT2D eigenvalue weighted by Gasteiger charge is -2.37. The molecule has 0 saturated carbocycles. The number of unbranched alkanes of at least 4 members (excludes halogenated alkanes) is 2. The number of piperidine rings is 1. The van der Waals surface area contributed by atoms with E-state index < -0.39 is 11.8 Å². The van der Waals surface area contributed by atoms with Gasteiger partial charge in [0.25, 0.3) is 0 Å². The van der Waals surface area contributed by atoms with Crippen molar-refractivity contribution in [3.63, 3.8) is 0 Å². The SMILES string of the molecule is COC(=O)COCCCOCCCCCOc1ccc([C@H](C)NC(O)c2cccc(NC3(c4nc(-c5ccncc5)n[nH]4)CCNCC3)c2)cc1. The minimum Gasteiger partial charge on any atom is -0.494 e. The monoisotopic (exact) mass is 701 g/mol. The highest BCUT2D eigenvalue weighted by atomic mass is 16.6. The van der Waals surface area contributed by atoms with Gasteiger partial charge in [-0.1, -0.05) is 24.3 Å². The van der Waals surface area contributed by atoms with E-state index in [-0.39, 0.29) is 18.6 Å². The molecule has 1 aliphatic heterocycles. The van der Waals surface area contributed by atoms with Crippen LogP contribution in [-0.2, 0) is 24.5 Å². The molecule has 13 nitrogen and oxygen atoms in total. The predicted molar refractivity (Wildman–Crippen MR) is 194 cm³/mol. The predicted octanol–water partition coefficient (Wildman–Crippen LogP) is 5.04. The number of aromatic nitrogens is 4. The second-order valence-corrected chi connectivity index (χ2v) is 12.7. The van der Waals surface area contributed by atoms with Crippen molar-refractivity contribution >= 4 is 11.7 Å². The van der Waals surface area contributed by atoms with E-state index in [9.17, 15) is 9.90 Å². The van der Waals surface area contributed by atoms with Crippen molar-refractivity contribution in [2.24, 2.45) is 0 Å². The second kappa shape index (κ2) is 19.8. The van der Waals surface area contributed by atoms with Crippen molar-refractivity contribution in [3.8, 4) is 17.1 Å². The average molecular weight is 702 g/mol. The van der Waals surface area contributed by atoms with E-state index in [1.807, 2.05) is 67.6 Å². The Morgan fingerprint density at radius 2 is 1.67 bits per heavy atom. The zero-order valence-electron chi connectivity index (χ0n) is 29.6. The molecule has 2 atom stereocenters. The zero-order valence-corrected chi connectivity index (χ0v) is 29.6. The van der Waals surface area contributed by atoms with Gasteiger partial charge >= 0.3 is 5.97 Å². The molecule has 3 heterocycles. The van der Waals surface area contributed by atoms with E-state index >= 15 is 0 Å². The van der Waals surface area contributed by atoms with E-state index in [1.54, 1.807) is 12.4 Å². The summed E-state index contributed by atoms with van der Waals surface area (Å²) < 4.78 is 21.3. The van der Waals surface area contributed by atoms with Crippen LogP contribution in [0, 0.1) is 0 Å². The van der Waals surface area contributed by atoms with Crippen molar-refractivity contribution in [1.82, 2.24) is 30.8 Å². The van der Waals surface area contributed by atoms with Crippen LogP contribution >= 0.6 is 0 Å². The molecule has 1 saturated heterocycles. The molecule has 1 unspecified atom stereocenters. The lowest BCUT2D eigenvalue weighted by molar-refractivity contribution is -0.146. The lowest BCUT2D eigenvalue weighted by Crippen LogP contribution is -2.46. The number of nitrogens with zero attached hydrogens (tertiary/aromatic N) is 3. The smallest absolute Gasteiger partial charge is 0.331 e.